The van der Waals surface area contributed by atoms with Crippen LogP contribution in [0.5, 0.6) is 0 Å². The van der Waals surface area contributed by atoms with Crippen molar-refractivity contribution >= 4 is 0 Å². The number of aromatic nitrogens is 2. The van der Waals surface area contributed by atoms with Gasteiger partial charge >= 0.3 is 0 Å². The molecule has 96 valence electrons. The van der Waals surface area contributed by atoms with Crippen molar-refractivity contribution in [1.29, 1.82) is 0 Å². The number of benzene rings is 1. The van der Waals surface area contributed by atoms with E-state index < -0.39 is 0 Å². The van der Waals surface area contributed by atoms with E-state index >= 15 is 0 Å². The van der Waals surface area contributed by atoms with Crippen molar-refractivity contribution in [1.82, 2.24) is 15.1 Å². The van der Waals surface area contributed by atoms with E-state index in [-0.39, 0.29) is 0 Å². The monoisotopic (exact) mass is 243 g/mol. The maximum atomic E-state index is 4.67. The second-order valence-corrected chi connectivity index (χ2v) is 4.79. The van der Waals surface area contributed by atoms with Crippen LogP contribution in [0.15, 0.2) is 30.3 Å². The van der Waals surface area contributed by atoms with Crippen LogP contribution in [0.4, 0.5) is 0 Å². The van der Waals surface area contributed by atoms with E-state index in [0.29, 0.717) is 5.92 Å². The van der Waals surface area contributed by atoms with Gasteiger partial charge in [0, 0.05) is 17.8 Å². The Kier molecular flexibility index (Phi) is 3.82. The van der Waals surface area contributed by atoms with Crippen molar-refractivity contribution in [3.05, 3.63) is 47.3 Å². The van der Waals surface area contributed by atoms with Gasteiger partial charge in [0.25, 0.3) is 0 Å². The Labute approximate surface area is 109 Å². The summed E-state index contributed by atoms with van der Waals surface area (Å²) in [5.41, 5.74) is 4.84. The Bertz CT molecular complexity index is 514. The molecule has 3 nitrogen and oxygen atoms in total. The van der Waals surface area contributed by atoms with Crippen LogP contribution < -0.4 is 5.32 Å². The Hall–Kier alpha value is -1.61. The first kappa shape index (κ1) is 12.8. The molecule has 1 unspecified atom stereocenters. The SMILES string of the molecule is CNCC(C)c1c(C)nn(-c2ccccc2)c1C. The average molecular weight is 243 g/mol. The first-order chi connectivity index (χ1) is 8.65. The zero-order valence-corrected chi connectivity index (χ0v) is 11.6. The van der Waals surface area contributed by atoms with E-state index in [1.165, 1.54) is 11.3 Å². The summed E-state index contributed by atoms with van der Waals surface area (Å²) in [6, 6.07) is 10.3. The van der Waals surface area contributed by atoms with E-state index in [9.17, 15) is 0 Å². The number of aryl methyl sites for hydroxylation is 1. The van der Waals surface area contributed by atoms with E-state index in [2.05, 4.69) is 43.3 Å². The van der Waals surface area contributed by atoms with Gasteiger partial charge in [-0.25, -0.2) is 4.68 Å². The molecule has 0 bridgehead atoms. The lowest BCUT2D eigenvalue weighted by Gasteiger charge is -2.12. The summed E-state index contributed by atoms with van der Waals surface area (Å²) in [5, 5.41) is 7.91. The summed E-state index contributed by atoms with van der Waals surface area (Å²) in [4.78, 5) is 0. The first-order valence-electron chi connectivity index (χ1n) is 6.41. The van der Waals surface area contributed by atoms with E-state index in [1.807, 2.05) is 29.9 Å². The van der Waals surface area contributed by atoms with Crippen molar-refractivity contribution in [2.45, 2.75) is 26.7 Å². The highest BCUT2D eigenvalue weighted by atomic mass is 15.3. The lowest BCUT2D eigenvalue weighted by atomic mass is 9.99. The molecule has 1 aromatic carbocycles. The smallest absolute Gasteiger partial charge is 0.0648 e. The summed E-state index contributed by atoms with van der Waals surface area (Å²) in [6.45, 7) is 7.45. The van der Waals surface area contributed by atoms with Gasteiger partial charge in [0.15, 0.2) is 0 Å². The minimum Gasteiger partial charge on any atom is -0.319 e. The standard InChI is InChI=1S/C15H21N3/c1-11(10-16-4)15-12(2)17-18(13(15)3)14-8-6-5-7-9-14/h5-9,11,16H,10H2,1-4H3. The fourth-order valence-corrected chi connectivity index (χ4v) is 2.60. The van der Waals surface area contributed by atoms with Gasteiger partial charge in [-0.05, 0) is 38.9 Å². The molecule has 1 N–H and O–H groups in total. The molecule has 1 atom stereocenters. The van der Waals surface area contributed by atoms with Crippen LogP contribution in [0.3, 0.4) is 0 Å². The quantitative estimate of drug-likeness (QED) is 0.895. The van der Waals surface area contributed by atoms with Gasteiger partial charge in [-0.2, -0.15) is 5.10 Å². The van der Waals surface area contributed by atoms with E-state index in [1.54, 1.807) is 0 Å². The molecule has 0 saturated heterocycles. The second-order valence-electron chi connectivity index (χ2n) is 4.79. The molecule has 0 radical (unpaired) electrons. The van der Waals surface area contributed by atoms with Gasteiger partial charge in [0.1, 0.15) is 0 Å². The molecule has 2 rings (SSSR count). The predicted molar refractivity (Wildman–Crippen MR) is 75.4 cm³/mol. The summed E-state index contributed by atoms with van der Waals surface area (Å²) in [7, 11) is 1.99. The number of nitrogens with zero attached hydrogens (tertiary/aromatic N) is 2. The molecular weight excluding hydrogens is 222 g/mol. The van der Waals surface area contributed by atoms with Gasteiger partial charge in [0.05, 0.1) is 11.4 Å². The third-order valence-corrected chi connectivity index (χ3v) is 3.35. The molecule has 1 aromatic heterocycles. The number of hydrogen-bond acceptors (Lipinski definition) is 2. The summed E-state index contributed by atoms with van der Waals surface area (Å²) in [6.07, 6.45) is 0. The van der Waals surface area contributed by atoms with Crippen molar-refractivity contribution in [3.63, 3.8) is 0 Å². The molecule has 1 heterocycles. The molecule has 2 aromatic rings. The first-order valence-corrected chi connectivity index (χ1v) is 6.41. The normalized spacial score (nSPS) is 12.7. The molecule has 0 spiro atoms. The molecule has 0 fully saturated rings. The lowest BCUT2D eigenvalue weighted by molar-refractivity contribution is 0.670. The van der Waals surface area contributed by atoms with Gasteiger partial charge in [0.2, 0.25) is 0 Å². The van der Waals surface area contributed by atoms with Gasteiger partial charge in [-0.3, -0.25) is 0 Å². The molecule has 0 aliphatic heterocycles. The Balaban J connectivity index is 2.44. The van der Waals surface area contributed by atoms with Crippen molar-refractivity contribution in [3.8, 4) is 5.69 Å². The Morgan fingerprint density at radius 1 is 1.22 bits per heavy atom. The zero-order chi connectivity index (χ0) is 13.1. The van der Waals surface area contributed by atoms with Crippen LogP contribution in [-0.2, 0) is 0 Å². The number of likely N-dealkylation sites (N-methyl/N-ethyl adjacent to an activating group) is 1. The number of rotatable bonds is 4. The lowest BCUT2D eigenvalue weighted by Crippen LogP contribution is -2.15. The van der Waals surface area contributed by atoms with Crippen molar-refractivity contribution < 1.29 is 0 Å². The van der Waals surface area contributed by atoms with Gasteiger partial charge in [-0.1, -0.05) is 25.1 Å². The fraction of sp³-hybridized carbons (Fsp3) is 0.400. The number of para-hydroxylation sites is 1. The van der Waals surface area contributed by atoms with Crippen LogP contribution in [0.25, 0.3) is 5.69 Å². The second kappa shape index (κ2) is 5.36. The minimum atomic E-state index is 0.479. The highest BCUT2D eigenvalue weighted by Gasteiger charge is 2.17. The van der Waals surface area contributed by atoms with Crippen molar-refractivity contribution in [2.24, 2.45) is 0 Å². The highest BCUT2D eigenvalue weighted by Crippen LogP contribution is 2.24. The van der Waals surface area contributed by atoms with Crippen LogP contribution in [0.2, 0.25) is 0 Å². The topological polar surface area (TPSA) is 29.9 Å². The van der Waals surface area contributed by atoms with E-state index in [4.69, 9.17) is 0 Å². The van der Waals surface area contributed by atoms with Crippen LogP contribution in [-0.4, -0.2) is 23.4 Å². The Morgan fingerprint density at radius 2 is 1.89 bits per heavy atom. The highest BCUT2D eigenvalue weighted by molar-refractivity contribution is 5.38. The number of nitrogens with one attached hydrogen (secondary N) is 1. The third kappa shape index (κ3) is 2.31. The Morgan fingerprint density at radius 3 is 2.50 bits per heavy atom. The van der Waals surface area contributed by atoms with Gasteiger partial charge in [-0.15, -0.1) is 0 Å². The average Bonchev–Trinajstić information content (AvgIpc) is 2.66. The molecule has 0 amide bonds. The molecule has 0 aliphatic carbocycles. The molecule has 0 saturated carbocycles. The molecule has 0 aliphatic rings. The minimum absolute atomic E-state index is 0.479. The largest absolute Gasteiger partial charge is 0.319 e. The predicted octanol–water partition coefficient (Wildman–Crippen LogP) is 2.81. The van der Waals surface area contributed by atoms with Crippen LogP contribution in [0, 0.1) is 13.8 Å². The van der Waals surface area contributed by atoms with Crippen LogP contribution in [0.1, 0.15) is 29.8 Å². The molecular formula is C15H21N3. The molecule has 3 heteroatoms. The fourth-order valence-electron chi connectivity index (χ4n) is 2.60. The number of hydrogen-bond donors (Lipinski definition) is 1. The van der Waals surface area contributed by atoms with Crippen molar-refractivity contribution in [2.75, 3.05) is 13.6 Å². The van der Waals surface area contributed by atoms with Gasteiger partial charge < -0.3 is 5.32 Å². The van der Waals surface area contributed by atoms with Crippen LogP contribution >= 0.6 is 0 Å². The zero-order valence-electron chi connectivity index (χ0n) is 11.6. The third-order valence-electron chi connectivity index (χ3n) is 3.35. The molecule has 18 heavy (non-hydrogen) atoms. The van der Waals surface area contributed by atoms with E-state index in [0.717, 1.165) is 17.9 Å². The summed E-state index contributed by atoms with van der Waals surface area (Å²) < 4.78 is 2.04. The summed E-state index contributed by atoms with van der Waals surface area (Å²) >= 11 is 0. The summed E-state index contributed by atoms with van der Waals surface area (Å²) in [5.74, 6) is 0.479. The maximum absolute atomic E-state index is 4.67. The maximum Gasteiger partial charge on any atom is 0.0648 e.